The number of hydrogen-bond acceptors (Lipinski definition) is 5. The van der Waals surface area contributed by atoms with Gasteiger partial charge in [0.25, 0.3) is 0 Å². The van der Waals surface area contributed by atoms with Gasteiger partial charge in [-0.3, -0.25) is 4.98 Å². The van der Waals surface area contributed by atoms with Crippen LogP contribution in [-0.2, 0) is 15.7 Å². The average Bonchev–Trinajstić information content (AvgIpc) is 2.85. The van der Waals surface area contributed by atoms with E-state index in [2.05, 4.69) is 11.9 Å². The zero-order valence-corrected chi connectivity index (χ0v) is 22.6. The molecule has 3 aromatic rings. The molecule has 0 amide bonds. The first kappa shape index (κ1) is 29.0. The van der Waals surface area contributed by atoms with Crippen LogP contribution >= 0.6 is 0 Å². The molecule has 1 aromatic heterocycles. The molecule has 8 heteroatoms. The zero-order valence-electron chi connectivity index (χ0n) is 22.6. The Morgan fingerprint density at radius 3 is 2.34 bits per heavy atom. The number of halogens is 3. The number of pyridine rings is 1. The monoisotopic (exact) mass is 529 g/mol. The Morgan fingerprint density at radius 2 is 1.74 bits per heavy atom. The van der Waals surface area contributed by atoms with Gasteiger partial charge in [-0.25, -0.2) is 4.79 Å². The highest BCUT2D eigenvalue weighted by molar-refractivity contribution is 5.79. The van der Waals surface area contributed by atoms with Crippen molar-refractivity contribution >= 4 is 5.97 Å². The predicted octanol–water partition coefficient (Wildman–Crippen LogP) is 8.02. The molecule has 0 N–H and O–H groups in total. The second kappa shape index (κ2) is 11.9. The van der Waals surface area contributed by atoms with Crippen LogP contribution in [0.15, 0.2) is 54.6 Å². The summed E-state index contributed by atoms with van der Waals surface area (Å²) >= 11 is 0. The number of nitrogens with zero attached hydrogens (tertiary/aromatic N) is 1. The molecule has 0 fully saturated rings. The van der Waals surface area contributed by atoms with Crippen molar-refractivity contribution in [1.82, 2.24) is 4.98 Å². The minimum Gasteiger partial charge on any atom is -0.486 e. The van der Waals surface area contributed by atoms with E-state index in [1.807, 2.05) is 26.0 Å². The molecule has 0 spiro atoms. The number of carbonyl (C=O) groups excluding carboxylic acids is 1. The molecule has 5 nitrogen and oxygen atoms in total. The molecule has 0 bridgehead atoms. The van der Waals surface area contributed by atoms with Gasteiger partial charge in [0.05, 0.1) is 17.9 Å². The van der Waals surface area contributed by atoms with Crippen LogP contribution in [0.2, 0.25) is 0 Å². The summed E-state index contributed by atoms with van der Waals surface area (Å²) < 4.78 is 56.9. The largest absolute Gasteiger partial charge is 0.486 e. The standard InChI is InChI=1S/C30H34F3NO4/c1-7-10-27(37-23-13-16-26(19(3)17-23)38-29(5,6)28(35)36-8-2)24-14-15-25(34-20(24)4)21-11-9-12-22(18-21)30(31,32)33/h9,11-18,27H,7-8,10H2,1-6H3. The number of aryl methyl sites for hydroxylation is 2. The van der Waals surface area contributed by atoms with Crippen LogP contribution < -0.4 is 9.47 Å². The molecule has 0 saturated heterocycles. The van der Waals surface area contributed by atoms with Gasteiger partial charge in [-0.05, 0) is 83.0 Å². The molecule has 0 aliphatic heterocycles. The van der Waals surface area contributed by atoms with Gasteiger partial charge in [0.1, 0.15) is 17.6 Å². The van der Waals surface area contributed by atoms with E-state index < -0.39 is 23.3 Å². The summed E-state index contributed by atoms with van der Waals surface area (Å²) in [6.45, 7) is 11.1. The van der Waals surface area contributed by atoms with E-state index in [1.54, 1.807) is 45.0 Å². The van der Waals surface area contributed by atoms with Gasteiger partial charge < -0.3 is 14.2 Å². The normalized spacial score (nSPS) is 12.7. The molecule has 2 aromatic carbocycles. The number of carbonyl (C=O) groups is 1. The maximum absolute atomic E-state index is 13.2. The van der Waals surface area contributed by atoms with Gasteiger partial charge in [-0.15, -0.1) is 0 Å². The fourth-order valence-electron chi connectivity index (χ4n) is 4.06. The van der Waals surface area contributed by atoms with E-state index in [-0.39, 0.29) is 12.7 Å². The van der Waals surface area contributed by atoms with Crippen molar-refractivity contribution in [3.63, 3.8) is 0 Å². The fourth-order valence-corrected chi connectivity index (χ4v) is 4.06. The third-order valence-electron chi connectivity index (χ3n) is 6.07. The predicted molar refractivity (Wildman–Crippen MR) is 140 cm³/mol. The Morgan fingerprint density at radius 1 is 1.00 bits per heavy atom. The van der Waals surface area contributed by atoms with Crippen molar-refractivity contribution in [2.75, 3.05) is 6.61 Å². The maximum atomic E-state index is 13.2. The molecule has 0 radical (unpaired) electrons. The van der Waals surface area contributed by atoms with Crippen molar-refractivity contribution in [1.29, 1.82) is 0 Å². The van der Waals surface area contributed by atoms with Crippen LogP contribution in [-0.4, -0.2) is 23.2 Å². The van der Waals surface area contributed by atoms with Crippen LogP contribution in [0.3, 0.4) is 0 Å². The molecule has 38 heavy (non-hydrogen) atoms. The third kappa shape index (κ3) is 7.05. The number of rotatable bonds is 10. The minimum absolute atomic E-state index is 0.269. The number of hydrogen-bond donors (Lipinski definition) is 0. The Balaban J connectivity index is 1.83. The SMILES string of the molecule is CCCC(Oc1ccc(OC(C)(C)C(=O)OCC)c(C)c1)c1ccc(-c2cccc(C(F)(F)F)c2)nc1C. The first-order chi connectivity index (χ1) is 17.9. The van der Waals surface area contributed by atoms with E-state index in [4.69, 9.17) is 14.2 Å². The lowest BCUT2D eigenvalue weighted by Gasteiger charge is -2.26. The van der Waals surface area contributed by atoms with Crippen molar-refractivity contribution in [3.05, 3.63) is 77.0 Å². The van der Waals surface area contributed by atoms with Crippen LogP contribution in [0, 0.1) is 13.8 Å². The third-order valence-corrected chi connectivity index (χ3v) is 6.07. The second-order valence-electron chi connectivity index (χ2n) is 9.61. The van der Waals surface area contributed by atoms with Crippen LogP contribution in [0.25, 0.3) is 11.3 Å². The topological polar surface area (TPSA) is 57.7 Å². The smallest absolute Gasteiger partial charge is 0.416 e. The van der Waals surface area contributed by atoms with Gasteiger partial charge >= 0.3 is 12.1 Å². The molecular weight excluding hydrogens is 495 g/mol. The summed E-state index contributed by atoms with van der Waals surface area (Å²) in [7, 11) is 0. The highest BCUT2D eigenvalue weighted by Gasteiger charge is 2.32. The van der Waals surface area contributed by atoms with Crippen molar-refractivity contribution in [2.45, 2.75) is 72.3 Å². The summed E-state index contributed by atoms with van der Waals surface area (Å²) in [6, 6.07) is 14.1. The zero-order chi connectivity index (χ0) is 28.1. The first-order valence-corrected chi connectivity index (χ1v) is 12.6. The number of esters is 1. The minimum atomic E-state index is -4.42. The maximum Gasteiger partial charge on any atom is 0.416 e. The lowest BCUT2D eigenvalue weighted by molar-refractivity contribution is -0.158. The highest BCUT2D eigenvalue weighted by Crippen LogP contribution is 2.34. The van der Waals surface area contributed by atoms with Gasteiger partial charge in [0.15, 0.2) is 5.60 Å². The van der Waals surface area contributed by atoms with E-state index in [1.165, 1.54) is 6.07 Å². The molecule has 204 valence electrons. The first-order valence-electron chi connectivity index (χ1n) is 12.6. The van der Waals surface area contributed by atoms with Gasteiger partial charge in [0, 0.05) is 16.8 Å². The lowest BCUT2D eigenvalue weighted by Crippen LogP contribution is -2.39. The molecule has 0 aliphatic carbocycles. The van der Waals surface area contributed by atoms with Crippen LogP contribution in [0.1, 0.15) is 69.0 Å². The van der Waals surface area contributed by atoms with Gasteiger partial charge in [-0.1, -0.05) is 31.5 Å². The summed E-state index contributed by atoms with van der Waals surface area (Å²) in [5.74, 6) is 0.730. The molecule has 1 unspecified atom stereocenters. The quantitative estimate of drug-likeness (QED) is 0.249. The van der Waals surface area contributed by atoms with Crippen LogP contribution in [0.4, 0.5) is 13.2 Å². The fraction of sp³-hybridized carbons (Fsp3) is 0.400. The molecule has 0 aliphatic rings. The molecule has 3 rings (SSSR count). The van der Waals surface area contributed by atoms with Crippen molar-refractivity contribution in [3.8, 4) is 22.8 Å². The number of aromatic nitrogens is 1. The molecule has 0 saturated carbocycles. The number of ether oxygens (including phenoxy) is 3. The summed E-state index contributed by atoms with van der Waals surface area (Å²) in [6.07, 6.45) is -3.14. The van der Waals surface area contributed by atoms with Crippen molar-refractivity contribution < 1.29 is 32.2 Å². The number of alkyl halides is 3. The van der Waals surface area contributed by atoms with E-state index in [0.717, 1.165) is 36.1 Å². The van der Waals surface area contributed by atoms with Gasteiger partial charge in [0.2, 0.25) is 0 Å². The molecule has 1 heterocycles. The van der Waals surface area contributed by atoms with Crippen molar-refractivity contribution in [2.24, 2.45) is 0 Å². The Bertz CT molecular complexity index is 1270. The Kier molecular flexibility index (Phi) is 9.07. The summed E-state index contributed by atoms with van der Waals surface area (Å²) in [4.78, 5) is 16.8. The summed E-state index contributed by atoms with van der Waals surface area (Å²) in [5.41, 5.74) is 1.37. The van der Waals surface area contributed by atoms with Crippen LogP contribution in [0.5, 0.6) is 11.5 Å². The molecule has 1 atom stereocenters. The Labute approximate surface area is 222 Å². The van der Waals surface area contributed by atoms with E-state index in [0.29, 0.717) is 28.5 Å². The highest BCUT2D eigenvalue weighted by atomic mass is 19.4. The second-order valence-corrected chi connectivity index (χ2v) is 9.61. The Hall–Kier alpha value is -3.55. The number of benzene rings is 2. The van der Waals surface area contributed by atoms with E-state index >= 15 is 0 Å². The lowest BCUT2D eigenvalue weighted by atomic mass is 10.0. The molecular formula is C30H34F3NO4. The van der Waals surface area contributed by atoms with E-state index in [9.17, 15) is 18.0 Å². The average molecular weight is 530 g/mol. The summed E-state index contributed by atoms with van der Waals surface area (Å²) in [5, 5.41) is 0. The van der Waals surface area contributed by atoms with Gasteiger partial charge in [-0.2, -0.15) is 13.2 Å².